The van der Waals surface area contributed by atoms with Gasteiger partial charge in [0.1, 0.15) is 10.3 Å². The maximum absolute atomic E-state index is 13.0. The van der Waals surface area contributed by atoms with E-state index in [1.165, 1.54) is 21.4 Å². The molecule has 146 valence electrons. The molecule has 8 nitrogen and oxygen atoms in total. The van der Waals surface area contributed by atoms with E-state index in [4.69, 9.17) is 11.6 Å². The van der Waals surface area contributed by atoms with Gasteiger partial charge in [0.25, 0.3) is 5.56 Å². The molecule has 1 N–H and O–H groups in total. The predicted octanol–water partition coefficient (Wildman–Crippen LogP) is 3.60. The molecule has 0 atom stereocenters. The van der Waals surface area contributed by atoms with Crippen LogP contribution in [0.2, 0.25) is 5.02 Å². The van der Waals surface area contributed by atoms with Gasteiger partial charge in [0.05, 0.1) is 21.5 Å². The van der Waals surface area contributed by atoms with Gasteiger partial charge in [-0.2, -0.15) is 5.10 Å². The van der Waals surface area contributed by atoms with Crippen LogP contribution in [0.1, 0.15) is 15.9 Å². The molecule has 0 radical (unpaired) electrons. The first-order chi connectivity index (χ1) is 13.8. The second kappa shape index (κ2) is 7.09. The minimum atomic E-state index is -1.10. The molecule has 10 heteroatoms. The van der Waals surface area contributed by atoms with E-state index in [1.54, 1.807) is 38.4 Å². The number of aromatic carboxylic acids is 1. The summed E-state index contributed by atoms with van der Waals surface area (Å²) >= 11 is 9.63. The molecule has 3 heterocycles. The van der Waals surface area contributed by atoms with Crippen molar-refractivity contribution in [1.82, 2.24) is 24.3 Å². The van der Waals surface area contributed by atoms with E-state index in [0.29, 0.717) is 38.0 Å². The van der Waals surface area contributed by atoms with E-state index in [1.807, 2.05) is 0 Å². The maximum Gasteiger partial charge on any atom is 0.335 e. The number of fused-ring (bicyclic) bond motifs is 1. The van der Waals surface area contributed by atoms with Gasteiger partial charge in [-0.3, -0.25) is 9.36 Å². The second-order valence-electron chi connectivity index (χ2n) is 6.37. The first kappa shape index (κ1) is 19.3. The third-order valence-corrected chi connectivity index (χ3v) is 5.15. The number of hydrogen-bond donors (Lipinski definition) is 1. The summed E-state index contributed by atoms with van der Waals surface area (Å²) in [6.07, 6.45) is 1.59. The Morgan fingerprint density at radius 1 is 1.28 bits per heavy atom. The van der Waals surface area contributed by atoms with Crippen molar-refractivity contribution < 1.29 is 9.90 Å². The van der Waals surface area contributed by atoms with Gasteiger partial charge in [-0.25, -0.2) is 19.4 Å². The van der Waals surface area contributed by atoms with E-state index < -0.39 is 5.97 Å². The van der Waals surface area contributed by atoms with E-state index in [-0.39, 0.29) is 16.5 Å². The summed E-state index contributed by atoms with van der Waals surface area (Å²) in [6.45, 7) is 1.72. The topological polar surface area (TPSA) is 103 Å². The standard InChI is InChI=1S/C19H13BrClN5O3/c1-9-6-10(19(28)29)7-11-15(9)23-17(25(2)18(11)27)13-8-14(20)24-26(13)16-12(21)4-3-5-22-16/h3-8H,1-2H3,(H,28,29). The number of pyridine rings is 1. The maximum atomic E-state index is 13.0. The molecule has 4 rings (SSSR count). The average molecular weight is 475 g/mol. The van der Waals surface area contributed by atoms with E-state index in [9.17, 15) is 14.7 Å². The Kier molecular flexibility index (Phi) is 4.71. The van der Waals surface area contributed by atoms with Crippen LogP contribution in [0.25, 0.3) is 28.2 Å². The third kappa shape index (κ3) is 3.22. The molecule has 0 bridgehead atoms. The molecule has 0 fully saturated rings. The molecule has 0 amide bonds. The zero-order valence-corrected chi connectivity index (χ0v) is 17.6. The van der Waals surface area contributed by atoms with Gasteiger partial charge in [0.2, 0.25) is 0 Å². The Bertz CT molecular complexity index is 1360. The largest absolute Gasteiger partial charge is 0.478 e. The number of aryl methyl sites for hydroxylation is 1. The molecule has 0 saturated carbocycles. The van der Waals surface area contributed by atoms with Gasteiger partial charge in [-0.15, -0.1) is 0 Å². The monoisotopic (exact) mass is 473 g/mol. The lowest BCUT2D eigenvalue weighted by molar-refractivity contribution is 0.0697. The van der Waals surface area contributed by atoms with Gasteiger partial charge in [0.15, 0.2) is 11.6 Å². The van der Waals surface area contributed by atoms with Crippen LogP contribution in [0, 0.1) is 6.92 Å². The lowest BCUT2D eigenvalue weighted by Crippen LogP contribution is -2.22. The minimum Gasteiger partial charge on any atom is -0.478 e. The Morgan fingerprint density at radius 3 is 2.72 bits per heavy atom. The lowest BCUT2D eigenvalue weighted by atomic mass is 10.1. The van der Waals surface area contributed by atoms with Crippen LogP contribution in [-0.2, 0) is 7.05 Å². The number of halogens is 2. The SMILES string of the molecule is Cc1cc(C(=O)O)cc2c(=O)n(C)c(-c3cc(Br)nn3-c3ncccc3Cl)nc12. The molecule has 0 saturated heterocycles. The van der Waals surface area contributed by atoms with Gasteiger partial charge < -0.3 is 5.11 Å². The van der Waals surface area contributed by atoms with Crippen molar-refractivity contribution >= 4 is 44.4 Å². The zero-order chi connectivity index (χ0) is 20.9. The summed E-state index contributed by atoms with van der Waals surface area (Å²) in [6, 6.07) is 7.93. The Hall–Kier alpha value is -3.04. The molecule has 1 aromatic carbocycles. The first-order valence-corrected chi connectivity index (χ1v) is 9.56. The summed E-state index contributed by atoms with van der Waals surface area (Å²) in [4.78, 5) is 33.3. The van der Waals surface area contributed by atoms with Crippen LogP contribution < -0.4 is 5.56 Å². The summed E-state index contributed by atoms with van der Waals surface area (Å²) in [5, 5.41) is 14.3. The summed E-state index contributed by atoms with van der Waals surface area (Å²) in [5.74, 6) is -0.372. The number of aromatic nitrogens is 5. The zero-order valence-electron chi connectivity index (χ0n) is 15.2. The highest BCUT2D eigenvalue weighted by molar-refractivity contribution is 9.10. The molecule has 3 aromatic heterocycles. The van der Waals surface area contributed by atoms with E-state index >= 15 is 0 Å². The highest BCUT2D eigenvalue weighted by Gasteiger charge is 2.20. The van der Waals surface area contributed by atoms with E-state index in [0.717, 1.165) is 0 Å². The molecule has 0 aliphatic rings. The number of rotatable bonds is 3. The number of benzene rings is 1. The molecule has 4 aromatic rings. The molecule has 0 unspecified atom stereocenters. The number of hydrogen-bond acceptors (Lipinski definition) is 5. The smallest absolute Gasteiger partial charge is 0.335 e. The van der Waals surface area contributed by atoms with Gasteiger partial charge >= 0.3 is 5.97 Å². The average Bonchev–Trinajstić information content (AvgIpc) is 3.06. The third-order valence-electron chi connectivity index (χ3n) is 4.47. The van der Waals surface area contributed by atoms with Crippen LogP contribution in [0.15, 0.2) is 45.9 Å². The Morgan fingerprint density at radius 2 is 2.03 bits per heavy atom. The Balaban J connectivity index is 2.04. The normalized spacial score (nSPS) is 11.2. The Labute approximate surface area is 177 Å². The van der Waals surface area contributed by atoms with Crippen LogP contribution in [0.4, 0.5) is 0 Å². The summed E-state index contributed by atoms with van der Waals surface area (Å²) in [7, 11) is 1.57. The molecular weight excluding hydrogens is 462 g/mol. The predicted molar refractivity (Wildman–Crippen MR) is 112 cm³/mol. The highest BCUT2D eigenvalue weighted by Crippen LogP contribution is 2.28. The quantitative estimate of drug-likeness (QED) is 0.487. The minimum absolute atomic E-state index is 0.0368. The number of carbonyl (C=O) groups is 1. The summed E-state index contributed by atoms with van der Waals surface area (Å²) < 4.78 is 3.37. The molecule has 29 heavy (non-hydrogen) atoms. The first-order valence-electron chi connectivity index (χ1n) is 8.39. The lowest BCUT2D eigenvalue weighted by Gasteiger charge is -2.13. The van der Waals surface area contributed by atoms with Gasteiger partial charge in [0, 0.05) is 19.3 Å². The van der Waals surface area contributed by atoms with Crippen molar-refractivity contribution in [2.45, 2.75) is 6.92 Å². The van der Waals surface area contributed by atoms with Crippen molar-refractivity contribution in [3.05, 3.63) is 67.6 Å². The van der Waals surface area contributed by atoms with Crippen molar-refractivity contribution in [3.8, 4) is 17.3 Å². The molecular formula is C19H13BrClN5O3. The molecule has 0 aliphatic heterocycles. The van der Waals surface area contributed by atoms with E-state index in [2.05, 4.69) is 31.0 Å². The molecule has 0 spiro atoms. The van der Waals surface area contributed by atoms with Crippen LogP contribution in [0.3, 0.4) is 0 Å². The fourth-order valence-corrected chi connectivity index (χ4v) is 3.68. The van der Waals surface area contributed by atoms with Crippen molar-refractivity contribution in [2.75, 3.05) is 0 Å². The fourth-order valence-electron chi connectivity index (χ4n) is 3.11. The van der Waals surface area contributed by atoms with Crippen molar-refractivity contribution in [3.63, 3.8) is 0 Å². The molecule has 0 aliphatic carbocycles. The van der Waals surface area contributed by atoms with Crippen molar-refractivity contribution in [1.29, 1.82) is 0 Å². The van der Waals surface area contributed by atoms with Gasteiger partial charge in [-0.1, -0.05) is 11.6 Å². The second-order valence-corrected chi connectivity index (χ2v) is 7.59. The fraction of sp³-hybridized carbons (Fsp3) is 0.105. The van der Waals surface area contributed by atoms with Crippen LogP contribution >= 0.6 is 27.5 Å². The summed E-state index contributed by atoms with van der Waals surface area (Å²) in [5.41, 5.74) is 1.17. The van der Waals surface area contributed by atoms with Crippen LogP contribution in [0.5, 0.6) is 0 Å². The number of carboxylic acids is 1. The number of nitrogens with zero attached hydrogens (tertiary/aromatic N) is 5. The van der Waals surface area contributed by atoms with Gasteiger partial charge in [-0.05, 0) is 52.7 Å². The highest BCUT2D eigenvalue weighted by atomic mass is 79.9. The number of carboxylic acid groups (broad SMARTS) is 1. The van der Waals surface area contributed by atoms with Crippen LogP contribution in [-0.4, -0.2) is 35.4 Å². The van der Waals surface area contributed by atoms with Crippen molar-refractivity contribution in [2.24, 2.45) is 7.05 Å².